The second kappa shape index (κ2) is 10.2. The van der Waals surface area contributed by atoms with E-state index in [-0.39, 0.29) is 11.8 Å². The molecule has 1 fully saturated rings. The molecule has 0 heterocycles. The van der Waals surface area contributed by atoms with Crippen molar-refractivity contribution in [3.8, 4) is 5.75 Å². The Balaban J connectivity index is 2.40. The van der Waals surface area contributed by atoms with Crippen LogP contribution in [0.15, 0.2) is 29.8 Å². The summed E-state index contributed by atoms with van der Waals surface area (Å²) >= 11 is 0. The Bertz CT molecular complexity index is 589. The third kappa shape index (κ3) is 5.58. The fraction of sp³-hybridized carbons (Fsp3) is 0.550. The highest BCUT2D eigenvalue weighted by atomic mass is 16.6. The van der Waals surface area contributed by atoms with Crippen LogP contribution in [0.25, 0.3) is 0 Å². The minimum atomic E-state index is -0.246. The summed E-state index contributed by atoms with van der Waals surface area (Å²) < 4.78 is 10.7. The van der Waals surface area contributed by atoms with Crippen LogP contribution in [0.4, 0.5) is 0 Å². The summed E-state index contributed by atoms with van der Waals surface area (Å²) in [5, 5.41) is 0. The van der Waals surface area contributed by atoms with E-state index >= 15 is 0 Å². The normalized spacial score (nSPS) is 15.6. The van der Waals surface area contributed by atoms with Gasteiger partial charge in [0.2, 0.25) is 0 Å². The van der Waals surface area contributed by atoms with E-state index in [4.69, 9.17) is 14.3 Å². The number of hydroxylamine groups is 1. The Morgan fingerprint density at radius 2 is 1.96 bits per heavy atom. The van der Waals surface area contributed by atoms with Crippen molar-refractivity contribution in [1.82, 2.24) is 5.48 Å². The highest BCUT2D eigenvalue weighted by Crippen LogP contribution is 2.33. The minimum absolute atomic E-state index is 0.112. The molecule has 1 amide bonds. The third-order valence-electron chi connectivity index (χ3n) is 4.66. The molecule has 0 radical (unpaired) electrons. The van der Waals surface area contributed by atoms with Crippen molar-refractivity contribution in [2.75, 3.05) is 27.9 Å². The molecule has 0 spiro atoms. The topological polar surface area (TPSA) is 56.8 Å². The highest BCUT2D eigenvalue weighted by molar-refractivity contribution is 5.95. The number of hydrogen-bond acceptors (Lipinski definition) is 4. The van der Waals surface area contributed by atoms with Crippen molar-refractivity contribution in [1.29, 1.82) is 0 Å². The van der Waals surface area contributed by atoms with Crippen LogP contribution in [0, 0.1) is 0 Å². The first-order chi connectivity index (χ1) is 12.2. The first-order valence-electron chi connectivity index (χ1n) is 8.89. The molecule has 1 atom stereocenters. The van der Waals surface area contributed by atoms with E-state index < -0.39 is 0 Å². The monoisotopic (exact) mass is 347 g/mol. The van der Waals surface area contributed by atoms with E-state index in [1.54, 1.807) is 26.4 Å². The van der Waals surface area contributed by atoms with E-state index in [1.165, 1.54) is 31.9 Å². The molecule has 5 heteroatoms. The van der Waals surface area contributed by atoms with Crippen LogP contribution < -0.4 is 10.2 Å². The largest absolute Gasteiger partial charge is 0.497 e. The maximum Gasteiger partial charge on any atom is 0.275 e. The number of carbonyl (C=O) groups is 1. The van der Waals surface area contributed by atoms with Crippen LogP contribution in [0.2, 0.25) is 0 Å². The summed E-state index contributed by atoms with van der Waals surface area (Å²) in [7, 11) is 4.78. The maximum absolute atomic E-state index is 12.4. The van der Waals surface area contributed by atoms with E-state index in [9.17, 15) is 4.79 Å². The number of hydrogen-bond donors (Lipinski definition) is 1. The molecular formula is C20H29NO4. The molecule has 5 nitrogen and oxygen atoms in total. The molecule has 138 valence electrons. The fourth-order valence-corrected chi connectivity index (χ4v) is 3.36. The van der Waals surface area contributed by atoms with Crippen molar-refractivity contribution in [3.05, 3.63) is 41.0 Å². The molecule has 0 bridgehead atoms. The summed E-state index contributed by atoms with van der Waals surface area (Å²) in [4.78, 5) is 17.2. The molecule has 0 saturated heterocycles. The summed E-state index contributed by atoms with van der Waals surface area (Å²) in [5.41, 5.74) is 5.46. The third-order valence-corrected chi connectivity index (χ3v) is 4.66. The zero-order valence-electron chi connectivity index (χ0n) is 15.5. The Morgan fingerprint density at radius 1 is 1.20 bits per heavy atom. The number of allylic oxidation sites excluding steroid dienone is 2. The summed E-state index contributed by atoms with van der Waals surface area (Å²) in [6, 6.07) is 5.54. The van der Waals surface area contributed by atoms with Gasteiger partial charge in [0.25, 0.3) is 5.91 Å². The van der Waals surface area contributed by atoms with Gasteiger partial charge in [-0.2, -0.15) is 0 Å². The molecule has 2 rings (SSSR count). The number of carbonyl (C=O) groups excluding carboxylic acids is 1. The number of benzene rings is 1. The SMILES string of the molecule is COCCC(C=C1CCCCC1)c1cc(OC)ccc1C(=O)NOC. The van der Waals surface area contributed by atoms with Gasteiger partial charge in [0.1, 0.15) is 5.75 Å². The average Bonchev–Trinajstić information content (AvgIpc) is 2.65. The second-order valence-corrected chi connectivity index (χ2v) is 6.36. The van der Waals surface area contributed by atoms with E-state index in [0.717, 1.165) is 30.6 Å². The van der Waals surface area contributed by atoms with Crippen molar-refractivity contribution < 1.29 is 19.1 Å². The molecule has 1 unspecified atom stereocenters. The van der Waals surface area contributed by atoms with E-state index in [2.05, 4.69) is 11.6 Å². The Hall–Kier alpha value is -1.85. The number of methoxy groups -OCH3 is 2. The van der Waals surface area contributed by atoms with Gasteiger partial charge < -0.3 is 9.47 Å². The van der Waals surface area contributed by atoms with Gasteiger partial charge in [-0.05, 0) is 55.9 Å². The van der Waals surface area contributed by atoms with Crippen molar-refractivity contribution in [2.45, 2.75) is 44.4 Å². The van der Waals surface area contributed by atoms with Crippen LogP contribution in [-0.2, 0) is 9.57 Å². The molecule has 0 aliphatic heterocycles. The summed E-state index contributed by atoms with van der Waals surface area (Å²) in [5.74, 6) is 0.610. The molecule has 0 aromatic heterocycles. The zero-order chi connectivity index (χ0) is 18.1. The van der Waals surface area contributed by atoms with Gasteiger partial charge in [-0.1, -0.05) is 18.1 Å². The van der Waals surface area contributed by atoms with Crippen LogP contribution in [0.3, 0.4) is 0 Å². The summed E-state index contributed by atoms with van der Waals surface area (Å²) in [6.07, 6.45) is 9.24. The smallest absolute Gasteiger partial charge is 0.275 e. The van der Waals surface area contributed by atoms with Gasteiger partial charge in [-0.25, -0.2) is 5.48 Å². The van der Waals surface area contributed by atoms with Crippen molar-refractivity contribution in [2.24, 2.45) is 0 Å². The lowest BCUT2D eigenvalue weighted by molar-refractivity contribution is 0.0536. The van der Waals surface area contributed by atoms with Gasteiger partial charge in [0, 0.05) is 25.2 Å². The second-order valence-electron chi connectivity index (χ2n) is 6.36. The quantitative estimate of drug-likeness (QED) is 0.570. The molecule has 1 aliphatic carbocycles. The van der Waals surface area contributed by atoms with Gasteiger partial charge in [-0.15, -0.1) is 0 Å². The maximum atomic E-state index is 12.4. The number of ether oxygens (including phenoxy) is 2. The number of amides is 1. The standard InChI is InChI=1S/C20H29NO4/c1-23-12-11-16(13-15-7-5-4-6-8-15)19-14-17(24-2)9-10-18(19)20(22)21-25-3/h9-10,13-14,16H,4-8,11-12H2,1-3H3,(H,21,22). The van der Waals surface area contributed by atoms with Gasteiger partial charge in [-0.3, -0.25) is 9.63 Å². The number of nitrogens with one attached hydrogen (secondary N) is 1. The van der Waals surface area contributed by atoms with Crippen molar-refractivity contribution >= 4 is 5.91 Å². The molecule has 1 aromatic carbocycles. The summed E-state index contributed by atoms with van der Waals surface area (Å²) in [6.45, 7) is 0.636. The van der Waals surface area contributed by atoms with E-state index in [1.807, 2.05) is 6.07 Å². The predicted octanol–water partition coefficient (Wildman–Crippen LogP) is 4.00. The first kappa shape index (κ1) is 19.5. The molecule has 1 aliphatic rings. The Labute approximate surface area is 150 Å². The van der Waals surface area contributed by atoms with Crippen LogP contribution in [0.1, 0.15) is 60.4 Å². The van der Waals surface area contributed by atoms with Gasteiger partial charge in [0.05, 0.1) is 14.2 Å². The lowest BCUT2D eigenvalue weighted by Crippen LogP contribution is -2.24. The predicted molar refractivity (Wildman–Crippen MR) is 97.9 cm³/mol. The lowest BCUT2D eigenvalue weighted by atomic mass is 9.86. The Morgan fingerprint density at radius 3 is 2.60 bits per heavy atom. The minimum Gasteiger partial charge on any atom is -0.497 e. The Kier molecular flexibility index (Phi) is 7.95. The van der Waals surface area contributed by atoms with Gasteiger partial charge >= 0.3 is 0 Å². The average molecular weight is 347 g/mol. The molecular weight excluding hydrogens is 318 g/mol. The van der Waals surface area contributed by atoms with Crippen LogP contribution in [0.5, 0.6) is 5.75 Å². The molecule has 1 aromatic rings. The fourth-order valence-electron chi connectivity index (χ4n) is 3.36. The highest BCUT2D eigenvalue weighted by Gasteiger charge is 2.20. The van der Waals surface area contributed by atoms with Gasteiger partial charge in [0.15, 0.2) is 0 Å². The molecule has 1 N–H and O–H groups in total. The molecule has 25 heavy (non-hydrogen) atoms. The first-order valence-corrected chi connectivity index (χ1v) is 8.89. The van der Waals surface area contributed by atoms with Crippen LogP contribution in [-0.4, -0.2) is 33.8 Å². The van der Waals surface area contributed by atoms with Crippen molar-refractivity contribution in [3.63, 3.8) is 0 Å². The number of rotatable bonds is 8. The zero-order valence-corrected chi connectivity index (χ0v) is 15.5. The van der Waals surface area contributed by atoms with Crippen LogP contribution >= 0.6 is 0 Å². The van der Waals surface area contributed by atoms with E-state index in [0.29, 0.717) is 12.2 Å². The lowest BCUT2D eigenvalue weighted by Gasteiger charge is -2.21. The molecule has 1 saturated carbocycles.